The van der Waals surface area contributed by atoms with Gasteiger partial charge in [-0.2, -0.15) is 0 Å². The average molecular weight is 808 g/mol. The minimum absolute atomic E-state index is 0.0175. The largest absolute Gasteiger partial charge is 0.437 e. The quantitative estimate of drug-likeness (QED) is 0.105. The van der Waals surface area contributed by atoms with Crippen LogP contribution in [0.25, 0.3) is 6.08 Å². The van der Waals surface area contributed by atoms with E-state index < -0.39 is 23.9 Å². The van der Waals surface area contributed by atoms with Gasteiger partial charge < -0.3 is 30.7 Å². The van der Waals surface area contributed by atoms with Crippen molar-refractivity contribution in [3.63, 3.8) is 0 Å². The van der Waals surface area contributed by atoms with Crippen LogP contribution in [0.3, 0.4) is 0 Å². The molecule has 7 aliphatic rings. The van der Waals surface area contributed by atoms with Gasteiger partial charge in [-0.1, -0.05) is 94.1 Å². The fraction of sp³-hybridized carbons (Fsp3) is 0.490. The number of fused-ring (bicyclic) bond motifs is 8. The number of ether oxygens (including phenoxy) is 2. The first-order valence-electron chi connectivity index (χ1n) is 22.5. The van der Waals surface area contributed by atoms with Gasteiger partial charge >= 0.3 is 0 Å². The molecule has 1 spiro atoms. The Morgan fingerprint density at radius 2 is 1.95 bits per heavy atom. The number of ketones is 1. The van der Waals surface area contributed by atoms with Crippen LogP contribution in [0.5, 0.6) is 11.5 Å². The number of aliphatic hydroxyl groups is 2. The number of nitrogens with two attached hydrogens (primary N) is 1. The average Bonchev–Trinajstić information content (AvgIpc) is 4.00. The van der Waals surface area contributed by atoms with E-state index in [0.29, 0.717) is 49.6 Å². The van der Waals surface area contributed by atoms with E-state index in [9.17, 15) is 15.0 Å². The number of aliphatic imine (C=N–C) groups is 1. The van der Waals surface area contributed by atoms with E-state index in [-0.39, 0.29) is 29.7 Å². The topological polar surface area (TPSA) is 131 Å². The van der Waals surface area contributed by atoms with Gasteiger partial charge in [0.1, 0.15) is 48.5 Å². The number of hydrogen-bond donors (Lipinski definition) is 5. The molecule has 2 bridgehead atoms. The van der Waals surface area contributed by atoms with Crippen LogP contribution in [0, 0.1) is 53.0 Å². The van der Waals surface area contributed by atoms with Crippen LogP contribution in [0.1, 0.15) is 125 Å². The van der Waals surface area contributed by atoms with E-state index in [1.165, 1.54) is 0 Å². The number of unbranched alkanes of at least 4 members (excludes halogenated alkanes) is 2. The first-order valence-corrected chi connectivity index (χ1v) is 22.5. The smallest absolute Gasteiger partial charge is 0.252 e. The molecular weight excluding hydrogens is 749 g/mol. The molecule has 9 unspecified atom stereocenters. The lowest BCUT2D eigenvalue weighted by molar-refractivity contribution is -0.888. The van der Waals surface area contributed by atoms with Crippen molar-refractivity contribution in [2.45, 2.75) is 122 Å². The molecule has 0 amide bonds. The summed E-state index contributed by atoms with van der Waals surface area (Å²) in [5, 5.41) is 26.8. The zero-order chi connectivity index (χ0) is 41.4. The number of quaternary nitrogens is 1. The summed E-state index contributed by atoms with van der Waals surface area (Å²) in [6.45, 7) is 5.00. The molecule has 9 rings (SSSR count). The number of carbonyl (C=O) groups excluding carboxylic acids is 1. The van der Waals surface area contributed by atoms with Gasteiger partial charge in [0, 0.05) is 30.9 Å². The lowest BCUT2D eigenvalue weighted by Gasteiger charge is -2.36. The molecule has 60 heavy (non-hydrogen) atoms. The van der Waals surface area contributed by atoms with Crippen LogP contribution >= 0.6 is 0 Å². The minimum atomic E-state index is -1.04. The van der Waals surface area contributed by atoms with E-state index >= 15 is 0 Å². The summed E-state index contributed by atoms with van der Waals surface area (Å²) < 4.78 is 13.4. The number of nitrogens with one attached hydrogen (secondary N) is 2. The summed E-state index contributed by atoms with van der Waals surface area (Å²) in [7, 11) is 0. The van der Waals surface area contributed by atoms with Crippen molar-refractivity contribution in [3.8, 4) is 35.4 Å². The number of benzene rings is 2. The molecule has 1 fully saturated rings. The second-order valence-electron chi connectivity index (χ2n) is 18.2. The lowest BCUT2D eigenvalue weighted by Crippen LogP contribution is -3.13. The molecule has 2 aromatic carbocycles. The number of aliphatic hydroxyl groups excluding tert-OH is 2. The van der Waals surface area contributed by atoms with Crippen molar-refractivity contribution in [2.24, 2.45) is 39.8 Å². The Balaban J connectivity index is 1.05. The number of nitrogens with zero attached hydrogens (tertiary/aromatic N) is 1. The maximum Gasteiger partial charge on any atom is 0.252 e. The fourth-order valence-corrected chi connectivity index (χ4v) is 10.7. The minimum Gasteiger partial charge on any atom is -0.437 e. The van der Waals surface area contributed by atoms with Crippen molar-refractivity contribution < 1.29 is 29.4 Å². The highest BCUT2D eigenvalue weighted by Crippen LogP contribution is 2.47. The van der Waals surface area contributed by atoms with Crippen LogP contribution in [0.15, 0.2) is 77.2 Å². The van der Waals surface area contributed by atoms with Crippen molar-refractivity contribution in [1.29, 1.82) is 0 Å². The van der Waals surface area contributed by atoms with E-state index in [2.05, 4.69) is 61.4 Å². The van der Waals surface area contributed by atoms with E-state index in [1.54, 1.807) is 0 Å². The summed E-state index contributed by atoms with van der Waals surface area (Å²) in [5.41, 5.74) is 13.9. The Labute approximate surface area is 354 Å². The number of hydrogen-bond acceptors (Lipinski definition) is 8. The number of carbonyl (C=O) groups is 1. The molecule has 5 heterocycles. The van der Waals surface area contributed by atoms with Gasteiger partial charge in [0.15, 0.2) is 11.5 Å². The lowest BCUT2D eigenvalue weighted by atomic mass is 9.73. The van der Waals surface area contributed by atoms with E-state index in [0.717, 1.165) is 107 Å². The Morgan fingerprint density at radius 3 is 2.77 bits per heavy atom. The number of aryl methyl sites for hydroxylation is 1. The molecule has 312 valence electrons. The third-order valence-electron chi connectivity index (χ3n) is 14.2. The predicted molar refractivity (Wildman–Crippen MR) is 233 cm³/mol. The van der Waals surface area contributed by atoms with Crippen molar-refractivity contribution in [3.05, 3.63) is 100 Å². The number of Topliss-reactive ketones (excluding diaryl/α,β-unsaturated/α-hetero) is 1. The van der Waals surface area contributed by atoms with Crippen LogP contribution in [0.2, 0.25) is 0 Å². The first-order chi connectivity index (χ1) is 29.2. The summed E-state index contributed by atoms with van der Waals surface area (Å²) >= 11 is 0. The monoisotopic (exact) mass is 807 g/mol. The Bertz CT molecular complexity index is 2290. The molecule has 2 aliphatic carbocycles. The van der Waals surface area contributed by atoms with Gasteiger partial charge in [0.2, 0.25) is 0 Å². The van der Waals surface area contributed by atoms with Gasteiger partial charge in [0.25, 0.3) is 6.23 Å². The molecule has 1 saturated carbocycles. The zero-order valence-corrected chi connectivity index (χ0v) is 35.0. The summed E-state index contributed by atoms with van der Waals surface area (Å²) in [5.74, 6) is 11.5. The molecule has 0 aromatic heterocycles. The van der Waals surface area contributed by atoms with Gasteiger partial charge in [0.05, 0.1) is 17.1 Å². The molecule has 2 aromatic rings. The van der Waals surface area contributed by atoms with Gasteiger partial charge in [-0.15, -0.1) is 0 Å². The highest BCUT2D eigenvalue weighted by Gasteiger charge is 2.51. The third-order valence-corrected chi connectivity index (χ3v) is 14.2. The predicted octanol–water partition coefficient (Wildman–Crippen LogP) is 6.53. The Morgan fingerprint density at radius 1 is 1.10 bits per heavy atom. The SMILES string of the molecule is CCCCCC(C(=O)CCc1ccc2c(c1)OC1C(C#CC(O)c3ccc4c(c3CC3=CN=C5C[NH+]1C=C35)C=CNC4N)C1(C#CO2)CCCC1)C(O)C1C=CC(C)CC1. The molecule has 0 saturated heterocycles. The van der Waals surface area contributed by atoms with Crippen LogP contribution in [-0.4, -0.2) is 40.6 Å². The van der Waals surface area contributed by atoms with Gasteiger partial charge in [-0.3, -0.25) is 14.7 Å². The zero-order valence-electron chi connectivity index (χ0n) is 35.0. The highest BCUT2D eigenvalue weighted by molar-refractivity contribution is 6.08. The second kappa shape index (κ2) is 17.2. The summed E-state index contributed by atoms with van der Waals surface area (Å²) in [6, 6.07) is 9.87. The normalized spacial score (nSPS) is 28.8. The van der Waals surface area contributed by atoms with E-state index in [1.807, 2.05) is 48.8 Å². The standard InChI is InChI=1S/C51H58N4O5/c1-3-4-5-8-39(48(58)34-13-9-32(2)10-14-34)45(57)18-11-33-12-20-46-47(27-33)60-50-42(51(24-26-59-46)22-6-7-23-51)17-19-44(56)37-15-16-38-36(21-25-53-49(38)52)40(37)28-35-29-54-43-31-55(50)30-41(35)43/h9,12-13,15-16,20-21,25,27,29-30,32,34,39,42,44,48-50,53,56,58H,3-8,10-11,14,18,22-23,28,31,52H2,1-2H3/p+1. The maximum absolute atomic E-state index is 14.0. The summed E-state index contributed by atoms with van der Waals surface area (Å²) in [6.07, 6.45) is 23.9. The number of rotatable bonds is 10. The maximum atomic E-state index is 14.0. The van der Waals surface area contributed by atoms with Crippen molar-refractivity contribution in [2.75, 3.05) is 6.54 Å². The summed E-state index contributed by atoms with van der Waals surface area (Å²) in [4.78, 5) is 20.0. The first kappa shape index (κ1) is 40.5. The molecule has 9 heteroatoms. The second-order valence-corrected chi connectivity index (χ2v) is 18.2. The Hall–Kier alpha value is -4.90. The molecule has 5 aliphatic heterocycles. The molecule has 9 atom stereocenters. The molecule has 9 nitrogen and oxygen atoms in total. The van der Waals surface area contributed by atoms with Crippen LogP contribution in [-0.2, 0) is 17.6 Å². The molecule has 6 N–H and O–H groups in total. The van der Waals surface area contributed by atoms with Crippen molar-refractivity contribution in [1.82, 2.24) is 5.32 Å². The van der Waals surface area contributed by atoms with Crippen LogP contribution in [0.4, 0.5) is 0 Å². The molecular formula is C51H59N4O5+. The van der Waals surface area contributed by atoms with E-state index in [4.69, 9.17) is 20.2 Å². The van der Waals surface area contributed by atoms with Gasteiger partial charge in [-0.05, 0) is 102 Å². The van der Waals surface area contributed by atoms with Crippen molar-refractivity contribution >= 4 is 17.6 Å². The van der Waals surface area contributed by atoms with Gasteiger partial charge in [-0.25, -0.2) is 0 Å². The molecule has 0 radical (unpaired) electrons. The third kappa shape index (κ3) is 7.90. The number of allylic oxidation sites excluding steroid dienone is 2. The highest BCUT2D eigenvalue weighted by atomic mass is 16.5. The fourth-order valence-electron chi connectivity index (χ4n) is 10.7. The van der Waals surface area contributed by atoms with Crippen LogP contribution < -0.4 is 25.4 Å². The Kier molecular flexibility index (Phi) is 11.6.